The van der Waals surface area contributed by atoms with Gasteiger partial charge in [-0.05, 0) is 36.2 Å². The van der Waals surface area contributed by atoms with Gasteiger partial charge >= 0.3 is 0 Å². The fourth-order valence-corrected chi connectivity index (χ4v) is 2.02. The number of anilines is 1. The Balaban J connectivity index is 1.92. The number of carbonyl (C=O) groups excluding carboxylic acids is 1. The van der Waals surface area contributed by atoms with Crippen LogP contribution < -0.4 is 5.32 Å². The van der Waals surface area contributed by atoms with Crippen molar-refractivity contribution in [3.05, 3.63) is 63.9 Å². The summed E-state index contributed by atoms with van der Waals surface area (Å²) in [6.45, 7) is 0. The van der Waals surface area contributed by atoms with Crippen molar-refractivity contribution in [3.8, 4) is 0 Å². The molecule has 0 aromatic heterocycles. The maximum absolute atomic E-state index is 13.6. The lowest BCUT2D eigenvalue weighted by atomic mass is 10.1. The van der Waals surface area contributed by atoms with E-state index in [0.29, 0.717) is 11.4 Å². The van der Waals surface area contributed by atoms with Crippen LogP contribution in [-0.2, 0) is 11.2 Å². The van der Waals surface area contributed by atoms with Gasteiger partial charge in [0.25, 0.3) is 0 Å². The largest absolute Gasteiger partial charge is 0.324 e. The highest BCUT2D eigenvalue weighted by Gasteiger charge is 2.09. The maximum Gasteiger partial charge on any atom is 0.224 e. The van der Waals surface area contributed by atoms with Crippen molar-refractivity contribution in [1.82, 2.24) is 0 Å². The van der Waals surface area contributed by atoms with Crippen LogP contribution in [0.3, 0.4) is 0 Å². The molecule has 0 aliphatic heterocycles. The molecule has 0 radical (unpaired) electrons. The fraction of sp³-hybridized carbons (Fsp3) is 0.133. The van der Waals surface area contributed by atoms with Crippen molar-refractivity contribution in [2.45, 2.75) is 12.8 Å². The minimum Gasteiger partial charge on any atom is -0.324 e. The highest BCUT2D eigenvalue weighted by atomic mass is 35.5. The summed E-state index contributed by atoms with van der Waals surface area (Å²) < 4.78 is 13.6. The van der Waals surface area contributed by atoms with Crippen LogP contribution in [0.2, 0.25) is 10.0 Å². The molecule has 0 spiro atoms. The topological polar surface area (TPSA) is 29.1 Å². The summed E-state index contributed by atoms with van der Waals surface area (Å²) in [7, 11) is 0. The smallest absolute Gasteiger partial charge is 0.224 e. The van der Waals surface area contributed by atoms with Crippen LogP contribution in [0.1, 0.15) is 12.0 Å². The van der Waals surface area contributed by atoms with Crippen LogP contribution in [-0.4, -0.2) is 5.91 Å². The number of rotatable bonds is 4. The number of halogens is 3. The Morgan fingerprint density at radius 3 is 2.50 bits per heavy atom. The van der Waals surface area contributed by atoms with Crippen LogP contribution in [0.4, 0.5) is 10.1 Å². The summed E-state index contributed by atoms with van der Waals surface area (Å²) in [5, 5.41) is 3.15. The third-order valence-corrected chi connectivity index (χ3v) is 3.32. The molecule has 2 rings (SSSR count). The number of benzene rings is 2. The monoisotopic (exact) mass is 311 g/mol. The van der Waals surface area contributed by atoms with Crippen molar-refractivity contribution in [3.63, 3.8) is 0 Å². The molecule has 0 saturated carbocycles. The average Bonchev–Trinajstić information content (AvgIpc) is 2.43. The first-order valence-corrected chi connectivity index (χ1v) is 6.80. The third kappa shape index (κ3) is 3.95. The van der Waals surface area contributed by atoms with Gasteiger partial charge in [-0.15, -0.1) is 0 Å². The van der Waals surface area contributed by atoms with Gasteiger partial charge in [-0.3, -0.25) is 4.79 Å². The van der Waals surface area contributed by atoms with Crippen LogP contribution in [0.25, 0.3) is 0 Å². The van der Waals surface area contributed by atoms with Crippen molar-refractivity contribution >= 4 is 34.8 Å². The Labute approximate surface area is 126 Å². The first-order chi connectivity index (χ1) is 9.56. The SMILES string of the molecule is O=C(CCc1ccc(Cl)cc1)Nc1cccc(Cl)c1F. The molecular weight excluding hydrogens is 300 g/mol. The molecule has 0 aliphatic carbocycles. The molecule has 20 heavy (non-hydrogen) atoms. The van der Waals surface area contributed by atoms with E-state index >= 15 is 0 Å². The van der Waals surface area contributed by atoms with E-state index in [4.69, 9.17) is 23.2 Å². The van der Waals surface area contributed by atoms with Crippen LogP contribution in [0, 0.1) is 5.82 Å². The maximum atomic E-state index is 13.6. The van der Waals surface area contributed by atoms with Gasteiger partial charge in [0.2, 0.25) is 5.91 Å². The van der Waals surface area contributed by atoms with E-state index < -0.39 is 5.82 Å². The Morgan fingerprint density at radius 2 is 1.80 bits per heavy atom. The minimum atomic E-state index is -0.617. The van der Waals surface area contributed by atoms with E-state index in [0.717, 1.165) is 5.56 Å². The van der Waals surface area contributed by atoms with Crippen LogP contribution in [0.15, 0.2) is 42.5 Å². The van der Waals surface area contributed by atoms with Crippen LogP contribution in [0.5, 0.6) is 0 Å². The lowest BCUT2D eigenvalue weighted by Gasteiger charge is -2.07. The lowest BCUT2D eigenvalue weighted by molar-refractivity contribution is -0.116. The van der Waals surface area contributed by atoms with E-state index in [1.807, 2.05) is 12.1 Å². The van der Waals surface area contributed by atoms with E-state index in [-0.39, 0.29) is 23.0 Å². The molecule has 0 fully saturated rings. The Hall–Kier alpha value is -1.58. The van der Waals surface area contributed by atoms with Crippen molar-refractivity contribution < 1.29 is 9.18 Å². The highest BCUT2D eigenvalue weighted by molar-refractivity contribution is 6.31. The number of carbonyl (C=O) groups is 1. The summed E-state index contributed by atoms with van der Waals surface area (Å²) >= 11 is 11.4. The summed E-state index contributed by atoms with van der Waals surface area (Å²) in [6, 6.07) is 11.7. The van der Waals surface area contributed by atoms with Gasteiger partial charge in [0.05, 0.1) is 10.7 Å². The van der Waals surface area contributed by atoms with Crippen molar-refractivity contribution in [2.75, 3.05) is 5.32 Å². The molecule has 1 amide bonds. The molecule has 0 saturated heterocycles. The Morgan fingerprint density at radius 1 is 1.10 bits per heavy atom. The van der Waals surface area contributed by atoms with Gasteiger partial charge in [0, 0.05) is 11.4 Å². The Kier molecular flexibility index (Phi) is 4.99. The normalized spacial score (nSPS) is 10.3. The standard InChI is InChI=1S/C15H12Cl2FNO/c16-11-7-4-10(5-8-11)6-9-14(20)19-13-3-1-2-12(17)15(13)18/h1-5,7-8H,6,9H2,(H,19,20). The summed E-state index contributed by atoms with van der Waals surface area (Å²) in [6.07, 6.45) is 0.818. The second-order valence-electron chi connectivity index (χ2n) is 4.28. The van der Waals surface area contributed by atoms with Crippen molar-refractivity contribution in [2.24, 2.45) is 0 Å². The van der Waals surface area contributed by atoms with E-state index in [9.17, 15) is 9.18 Å². The molecule has 104 valence electrons. The summed E-state index contributed by atoms with van der Waals surface area (Å²) in [5.41, 5.74) is 1.09. The van der Waals surface area contributed by atoms with E-state index in [1.54, 1.807) is 18.2 Å². The minimum absolute atomic E-state index is 0.0134. The van der Waals surface area contributed by atoms with Gasteiger partial charge < -0.3 is 5.32 Å². The molecule has 0 atom stereocenters. The zero-order chi connectivity index (χ0) is 14.5. The molecule has 2 aromatic rings. The zero-order valence-electron chi connectivity index (χ0n) is 10.5. The summed E-state index contributed by atoms with van der Waals surface area (Å²) in [5.74, 6) is -0.880. The molecule has 2 aromatic carbocycles. The van der Waals surface area contributed by atoms with Gasteiger partial charge in [-0.2, -0.15) is 0 Å². The summed E-state index contributed by atoms with van der Waals surface area (Å²) in [4.78, 5) is 11.8. The van der Waals surface area contributed by atoms with Crippen molar-refractivity contribution in [1.29, 1.82) is 0 Å². The molecule has 0 heterocycles. The molecule has 0 aliphatic rings. The van der Waals surface area contributed by atoms with Gasteiger partial charge in [-0.1, -0.05) is 41.4 Å². The predicted molar refractivity (Wildman–Crippen MR) is 79.8 cm³/mol. The van der Waals surface area contributed by atoms with E-state index in [1.165, 1.54) is 12.1 Å². The molecule has 2 nitrogen and oxygen atoms in total. The third-order valence-electron chi connectivity index (χ3n) is 2.78. The quantitative estimate of drug-likeness (QED) is 0.871. The van der Waals surface area contributed by atoms with Gasteiger partial charge in [-0.25, -0.2) is 4.39 Å². The first kappa shape index (κ1) is 14.8. The molecular formula is C15H12Cl2FNO. The zero-order valence-corrected chi connectivity index (χ0v) is 12.0. The average molecular weight is 312 g/mol. The first-order valence-electron chi connectivity index (χ1n) is 6.04. The molecule has 0 unspecified atom stereocenters. The second-order valence-corrected chi connectivity index (χ2v) is 5.12. The molecule has 0 bridgehead atoms. The number of aryl methyl sites for hydroxylation is 1. The second kappa shape index (κ2) is 6.73. The number of nitrogens with one attached hydrogen (secondary N) is 1. The van der Waals surface area contributed by atoms with Crippen LogP contribution >= 0.6 is 23.2 Å². The lowest BCUT2D eigenvalue weighted by Crippen LogP contribution is -2.13. The number of amides is 1. The van der Waals surface area contributed by atoms with Gasteiger partial charge in [0.1, 0.15) is 0 Å². The number of hydrogen-bond donors (Lipinski definition) is 1. The molecule has 1 N–H and O–H groups in total. The fourth-order valence-electron chi connectivity index (χ4n) is 1.72. The van der Waals surface area contributed by atoms with Gasteiger partial charge in [0.15, 0.2) is 5.82 Å². The number of hydrogen-bond acceptors (Lipinski definition) is 1. The highest BCUT2D eigenvalue weighted by Crippen LogP contribution is 2.22. The Bertz CT molecular complexity index is 614. The molecule has 5 heteroatoms. The van der Waals surface area contributed by atoms with E-state index in [2.05, 4.69) is 5.32 Å². The predicted octanol–water partition coefficient (Wildman–Crippen LogP) is 4.70.